The fourth-order valence-electron chi connectivity index (χ4n) is 2.72. The highest BCUT2D eigenvalue weighted by atomic mass is 16.2. The molecule has 0 aliphatic carbocycles. The Morgan fingerprint density at radius 1 is 1.28 bits per heavy atom. The Morgan fingerprint density at radius 3 is 2.64 bits per heavy atom. The van der Waals surface area contributed by atoms with Crippen molar-refractivity contribution in [2.45, 2.75) is 45.7 Å². The Hall–Kier alpha value is -2.31. The van der Waals surface area contributed by atoms with Crippen LogP contribution in [0.5, 0.6) is 0 Å². The van der Waals surface area contributed by atoms with E-state index in [4.69, 9.17) is 0 Å². The Bertz CT molecular complexity index is 602. The normalized spacial score (nSPS) is 15.2. The zero-order chi connectivity index (χ0) is 18.3. The van der Waals surface area contributed by atoms with E-state index >= 15 is 0 Å². The third kappa shape index (κ3) is 6.60. The molecule has 0 atom stereocenters. The van der Waals surface area contributed by atoms with Crippen molar-refractivity contribution in [2.24, 2.45) is 4.99 Å². The molecule has 1 fully saturated rings. The van der Waals surface area contributed by atoms with Crippen molar-refractivity contribution < 1.29 is 4.79 Å². The first-order chi connectivity index (χ1) is 11.9. The lowest BCUT2D eigenvalue weighted by molar-refractivity contribution is -0.121. The third-order valence-electron chi connectivity index (χ3n) is 3.85. The van der Waals surface area contributed by atoms with Crippen LogP contribution in [0.4, 0.5) is 5.82 Å². The average molecular weight is 346 g/mol. The second-order valence-electron chi connectivity index (χ2n) is 7.29. The number of anilines is 1. The second kappa shape index (κ2) is 8.69. The summed E-state index contributed by atoms with van der Waals surface area (Å²) < 4.78 is 0. The Labute approximate surface area is 150 Å². The van der Waals surface area contributed by atoms with Gasteiger partial charge in [-0.25, -0.2) is 4.98 Å². The van der Waals surface area contributed by atoms with Crippen LogP contribution >= 0.6 is 0 Å². The number of aromatic nitrogens is 1. The number of nitrogens with zero attached hydrogens (tertiary/aromatic N) is 3. The summed E-state index contributed by atoms with van der Waals surface area (Å²) in [6.45, 7) is 8.85. The predicted molar refractivity (Wildman–Crippen MR) is 102 cm³/mol. The molecule has 7 heteroatoms. The van der Waals surface area contributed by atoms with Crippen LogP contribution in [0, 0.1) is 0 Å². The van der Waals surface area contributed by atoms with Gasteiger partial charge in [0.25, 0.3) is 0 Å². The van der Waals surface area contributed by atoms with Gasteiger partial charge in [-0.15, -0.1) is 0 Å². The molecule has 0 unspecified atom stereocenters. The summed E-state index contributed by atoms with van der Waals surface area (Å²) >= 11 is 0. The van der Waals surface area contributed by atoms with E-state index in [2.05, 4.69) is 36.9 Å². The van der Waals surface area contributed by atoms with Crippen molar-refractivity contribution in [3.8, 4) is 0 Å². The van der Waals surface area contributed by atoms with Gasteiger partial charge >= 0.3 is 0 Å². The zero-order valence-electron chi connectivity index (χ0n) is 15.7. The molecule has 0 spiro atoms. The molecule has 0 saturated carbocycles. The number of nitrogens with one attached hydrogen (secondary N) is 3. The Balaban J connectivity index is 1.82. The van der Waals surface area contributed by atoms with E-state index in [0.717, 1.165) is 24.5 Å². The number of hydrogen-bond acceptors (Lipinski definition) is 4. The smallest absolute Gasteiger partial charge is 0.239 e. The molecule has 1 aromatic heterocycles. The summed E-state index contributed by atoms with van der Waals surface area (Å²) in [4.78, 5) is 22.8. The van der Waals surface area contributed by atoms with Gasteiger partial charge in [0.1, 0.15) is 5.82 Å². The molecule has 0 bridgehead atoms. The first kappa shape index (κ1) is 19.0. The van der Waals surface area contributed by atoms with Gasteiger partial charge in [-0.3, -0.25) is 9.79 Å². The molecular formula is C18H30N6O. The minimum Gasteiger partial charge on any atom is -0.357 e. The summed E-state index contributed by atoms with van der Waals surface area (Å²) in [5.74, 6) is 1.57. The van der Waals surface area contributed by atoms with Gasteiger partial charge in [0.15, 0.2) is 5.96 Å². The molecule has 1 saturated heterocycles. The molecule has 1 aromatic rings. The fourth-order valence-corrected chi connectivity index (χ4v) is 2.72. The minimum absolute atomic E-state index is 0.0596. The van der Waals surface area contributed by atoms with Gasteiger partial charge in [0.2, 0.25) is 5.91 Å². The molecule has 1 aliphatic rings. The molecule has 138 valence electrons. The lowest BCUT2D eigenvalue weighted by Crippen LogP contribution is -2.48. The lowest BCUT2D eigenvalue weighted by Gasteiger charge is -2.21. The summed E-state index contributed by atoms with van der Waals surface area (Å²) in [7, 11) is 1.69. The van der Waals surface area contributed by atoms with Crippen LogP contribution < -0.4 is 20.9 Å². The van der Waals surface area contributed by atoms with E-state index in [1.807, 2.05) is 33.0 Å². The van der Waals surface area contributed by atoms with Gasteiger partial charge in [-0.2, -0.15) is 0 Å². The number of rotatable bonds is 5. The highest BCUT2D eigenvalue weighted by molar-refractivity contribution is 5.86. The number of pyridine rings is 1. The van der Waals surface area contributed by atoms with Crippen molar-refractivity contribution in [3.05, 3.63) is 23.9 Å². The van der Waals surface area contributed by atoms with Crippen LogP contribution in [0.2, 0.25) is 0 Å². The van der Waals surface area contributed by atoms with Gasteiger partial charge in [-0.05, 0) is 51.3 Å². The number of aliphatic imine (C=N–C) groups is 1. The number of guanidine groups is 1. The quantitative estimate of drug-likeness (QED) is 0.552. The predicted octanol–water partition coefficient (Wildman–Crippen LogP) is 1.26. The van der Waals surface area contributed by atoms with Gasteiger partial charge in [0, 0.05) is 38.4 Å². The molecule has 1 amide bonds. The molecule has 0 radical (unpaired) electrons. The zero-order valence-corrected chi connectivity index (χ0v) is 15.7. The van der Waals surface area contributed by atoms with Crippen LogP contribution in [0.25, 0.3) is 0 Å². The van der Waals surface area contributed by atoms with Crippen LogP contribution in [-0.2, 0) is 11.3 Å². The largest absolute Gasteiger partial charge is 0.357 e. The van der Waals surface area contributed by atoms with Gasteiger partial charge < -0.3 is 20.9 Å². The van der Waals surface area contributed by atoms with Gasteiger partial charge in [0.05, 0.1) is 6.54 Å². The third-order valence-corrected chi connectivity index (χ3v) is 3.85. The molecule has 2 heterocycles. The number of amides is 1. The van der Waals surface area contributed by atoms with Crippen LogP contribution in [0.1, 0.15) is 39.2 Å². The van der Waals surface area contributed by atoms with E-state index in [1.54, 1.807) is 7.05 Å². The molecule has 0 aromatic carbocycles. The van der Waals surface area contributed by atoms with E-state index in [-0.39, 0.29) is 18.0 Å². The Morgan fingerprint density at radius 2 is 2.00 bits per heavy atom. The minimum atomic E-state index is -0.237. The number of hydrogen-bond donors (Lipinski definition) is 3. The molecule has 3 N–H and O–H groups in total. The van der Waals surface area contributed by atoms with Crippen molar-refractivity contribution in [2.75, 3.05) is 31.6 Å². The first-order valence-electron chi connectivity index (χ1n) is 8.83. The SMILES string of the molecule is CN=C(NCC(=O)NC(C)(C)C)NCc1ccnc(N2CCCC2)c1. The average Bonchev–Trinajstić information content (AvgIpc) is 3.08. The maximum absolute atomic E-state index is 11.9. The van der Waals surface area contributed by atoms with E-state index in [0.29, 0.717) is 12.5 Å². The van der Waals surface area contributed by atoms with Crippen molar-refractivity contribution >= 4 is 17.7 Å². The van der Waals surface area contributed by atoms with Gasteiger partial charge in [-0.1, -0.05) is 0 Å². The number of carbonyl (C=O) groups excluding carboxylic acids is 1. The summed E-state index contributed by atoms with van der Waals surface area (Å²) in [6.07, 6.45) is 4.31. The molecular weight excluding hydrogens is 316 g/mol. The van der Waals surface area contributed by atoms with E-state index in [9.17, 15) is 4.79 Å². The van der Waals surface area contributed by atoms with Crippen molar-refractivity contribution in [3.63, 3.8) is 0 Å². The lowest BCUT2D eigenvalue weighted by atomic mass is 10.1. The maximum atomic E-state index is 11.9. The summed E-state index contributed by atoms with van der Waals surface area (Å²) in [5.41, 5.74) is 0.901. The maximum Gasteiger partial charge on any atom is 0.239 e. The summed E-state index contributed by atoms with van der Waals surface area (Å²) in [5, 5.41) is 9.18. The second-order valence-corrected chi connectivity index (χ2v) is 7.29. The van der Waals surface area contributed by atoms with Crippen LogP contribution in [0.3, 0.4) is 0 Å². The Kier molecular flexibility index (Phi) is 6.61. The summed E-state index contributed by atoms with van der Waals surface area (Å²) in [6, 6.07) is 4.10. The van der Waals surface area contributed by atoms with Crippen molar-refractivity contribution in [1.29, 1.82) is 0 Å². The standard InChI is InChI=1S/C18H30N6O/c1-18(2,3)23-16(25)13-22-17(19-4)21-12-14-7-8-20-15(11-14)24-9-5-6-10-24/h7-8,11H,5-6,9-10,12-13H2,1-4H3,(H,23,25)(H2,19,21,22). The molecule has 25 heavy (non-hydrogen) atoms. The van der Waals surface area contributed by atoms with E-state index < -0.39 is 0 Å². The topological polar surface area (TPSA) is 81.6 Å². The van der Waals surface area contributed by atoms with Crippen molar-refractivity contribution in [1.82, 2.24) is 20.9 Å². The molecule has 7 nitrogen and oxygen atoms in total. The van der Waals surface area contributed by atoms with Crippen LogP contribution in [-0.4, -0.2) is 49.1 Å². The fraction of sp³-hybridized carbons (Fsp3) is 0.611. The highest BCUT2D eigenvalue weighted by Gasteiger charge is 2.15. The molecule has 2 rings (SSSR count). The molecule has 1 aliphatic heterocycles. The monoisotopic (exact) mass is 346 g/mol. The van der Waals surface area contributed by atoms with E-state index in [1.165, 1.54) is 12.8 Å². The highest BCUT2D eigenvalue weighted by Crippen LogP contribution is 2.18. The van der Waals surface area contributed by atoms with Crippen LogP contribution in [0.15, 0.2) is 23.3 Å². The number of carbonyl (C=O) groups is 1. The first-order valence-corrected chi connectivity index (χ1v) is 8.83.